The molecule has 0 spiro atoms. The van der Waals surface area contributed by atoms with Crippen molar-refractivity contribution in [2.75, 3.05) is 12.4 Å². The molecule has 2 aromatic carbocycles. The van der Waals surface area contributed by atoms with E-state index in [2.05, 4.69) is 5.32 Å². The van der Waals surface area contributed by atoms with Crippen molar-refractivity contribution >= 4 is 28.2 Å². The highest BCUT2D eigenvalue weighted by Crippen LogP contribution is 2.36. The minimum Gasteiger partial charge on any atom is -0.465 e. The molecule has 0 bridgehead atoms. The fourth-order valence-electron chi connectivity index (χ4n) is 2.55. The number of ether oxygens (including phenoxy) is 1. The third-order valence-corrected chi connectivity index (χ3v) is 4.76. The molecule has 0 fully saturated rings. The number of thiophene rings is 1. The Morgan fingerprint density at radius 3 is 2.19 bits per heavy atom. The minimum absolute atomic E-state index is 0.0324. The number of esters is 1. The van der Waals surface area contributed by atoms with Gasteiger partial charge in [-0.05, 0) is 35.4 Å². The molecule has 138 valence electrons. The van der Waals surface area contributed by atoms with Crippen LogP contribution >= 0.6 is 11.3 Å². The monoisotopic (exact) mass is 387 g/mol. The normalized spacial score (nSPS) is 10.5. The summed E-state index contributed by atoms with van der Waals surface area (Å²) < 4.78 is 31.0. The summed E-state index contributed by atoms with van der Waals surface area (Å²) in [6, 6.07) is 11.3. The zero-order valence-corrected chi connectivity index (χ0v) is 15.1. The molecule has 0 saturated carbocycles. The second-order valence-electron chi connectivity index (χ2n) is 5.70. The third-order valence-electron chi connectivity index (χ3n) is 3.87. The highest BCUT2D eigenvalue weighted by molar-refractivity contribution is 7.15. The van der Waals surface area contributed by atoms with E-state index < -0.39 is 5.97 Å². The second kappa shape index (κ2) is 8.09. The number of benzene rings is 2. The van der Waals surface area contributed by atoms with E-state index >= 15 is 0 Å². The number of hydrogen-bond donors (Lipinski definition) is 1. The van der Waals surface area contributed by atoms with Gasteiger partial charge >= 0.3 is 5.97 Å². The summed E-state index contributed by atoms with van der Waals surface area (Å²) in [6.07, 6.45) is 0.0324. The van der Waals surface area contributed by atoms with E-state index in [1.807, 2.05) is 0 Å². The zero-order valence-electron chi connectivity index (χ0n) is 14.3. The SMILES string of the molecule is COC(=O)c1c(-c2ccc(F)cc2)csc1NC(=O)Cc1ccc(F)cc1. The van der Waals surface area contributed by atoms with Gasteiger partial charge < -0.3 is 10.1 Å². The summed E-state index contributed by atoms with van der Waals surface area (Å²) in [4.78, 5) is 24.6. The van der Waals surface area contributed by atoms with E-state index in [1.54, 1.807) is 17.5 Å². The van der Waals surface area contributed by atoms with Crippen LogP contribution in [0.2, 0.25) is 0 Å². The highest BCUT2D eigenvalue weighted by Gasteiger charge is 2.22. The lowest BCUT2D eigenvalue weighted by Gasteiger charge is -2.08. The number of rotatable bonds is 5. The summed E-state index contributed by atoms with van der Waals surface area (Å²) in [5.41, 5.74) is 2.03. The van der Waals surface area contributed by atoms with Gasteiger partial charge in [0.25, 0.3) is 0 Å². The van der Waals surface area contributed by atoms with Crippen molar-refractivity contribution in [3.05, 3.63) is 76.7 Å². The Balaban J connectivity index is 1.86. The highest BCUT2D eigenvalue weighted by atomic mass is 32.1. The van der Waals surface area contributed by atoms with Gasteiger partial charge in [0.2, 0.25) is 5.91 Å². The first-order valence-corrected chi connectivity index (χ1v) is 8.86. The third kappa shape index (κ3) is 4.38. The zero-order chi connectivity index (χ0) is 19.4. The van der Waals surface area contributed by atoms with Crippen LogP contribution in [-0.4, -0.2) is 19.0 Å². The largest absolute Gasteiger partial charge is 0.465 e. The maximum Gasteiger partial charge on any atom is 0.341 e. The van der Waals surface area contributed by atoms with Crippen molar-refractivity contribution in [2.24, 2.45) is 0 Å². The van der Waals surface area contributed by atoms with Crippen LogP contribution in [0.5, 0.6) is 0 Å². The number of carbonyl (C=O) groups excluding carboxylic acids is 2. The average Bonchev–Trinajstić information content (AvgIpc) is 3.07. The Kier molecular flexibility index (Phi) is 5.61. The van der Waals surface area contributed by atoms with Gasteiger partial charge in [-0.2, -0.15) is 0 Å². The van der Waals surface area contributed by atoms with Gasteiger partial charge in [-0.25, -0.2) is 13.6 Å². The number of amides is 1. The lowest BCUT2D eigenvalue weighted by molar-refractivity contribution is -0.115. The minimum atomic E-state index is -0.604. The Morgan fingerprint density at radius 1 is 1.00 bits per heavy atom. The van der Waals surface area contributed by atoms with Crippen LogP contribution in [-0.2, 0) is 16.0 Å². The van der Waals surface area contributed by atoms with Crippen LogP contribution in [0.25, 0.3) is 11.1 Å². The Bertz CT molecular complexity index is 966. The van der Waals surface area contributed by atoms with Crippen molar-refractivity contribution in [1.82, 2.24) is 0 Å². The van der Waals surface area contributed by atoms with Crippen LogP contribution in [0.4, 0.5) is 13.8 Å². The molecule has 0 aliphatic rings. The van der Waals surface area contributed by atoms with Gasteiger partial charge in [0.15, 0.2) is 0 Å². The van der Waals surface area contributed by atoms with E-state index in [0.717, 1.165) is 0 Å². The second-order valence-corrected chi connectivity index (χ2v) is 6.58. The van der Waals surface area contributed by atoms with Gasteiger partial charge in [-0.3, -0.25) is 4.79 Å². The fourth-order valence-corrected chi connectivity index (χ4v) is 3.53. The van der Waals surface area contributed by atoms with Crippen molar-refractivity contribution in [3.63, 3.8) is 0 Å². The number of nitrogens with one attached hydrogen (secondary N) is 1. The molecule has 4 nitrogen and oxygen atoms in total. The summed E-state index contributed by atoms with van der Waals surface area (Å²) in [5.74, 6) is -1.72. The summed E-state index contributed by atoms with van der Waals surface area (Å²) >= 11 is 1.17. The molecule has 3 rings (SSSR count). The molecule has 1 N–H and O–H groups in total. The predicted octanol–water partition coefficient (Wildman–Crippen LogP) is 4.66. The molecule has 1 amide bonds. The van der Waals surface area contributed by atoms with Crippen LogP contribution in [0, 0.1) is 11.6 Å². The maximum absolute atomic E-state index is 13.2. The topological polar surface area (TPSA) is 55.4 Å². The van der Waals surface area contributed by atoms with Crippen molar-refractivity contribution in [3.8, 4) is 11.1 Å². The van der Waals surface area contributed by atoms with E-state index in [0.29, 0.717) is 21.7 Å². The standard InChI is InChI=1S/C20H15F2NO3S/c1-26-20(25)18-16(13-4-8-15(22)9-5-13)11-27-19(18)23-17(24)10-12-2-6-14(21)7-3-12/h2-9,11H,10H2,1H3,(H,23,24). The van der Waals surface area contributed by atoms with Gasteiger partial charge in [-0.15, -0.1) is 11.3 Å². The number of methoxy groups -OCH3 is 1. The Morgan fingerprint density at radius 2 is 1.59 bits per heavy atom. The molecule has 3 aromatic rings. The smallest absolute Gasteiger partial charge is 0.341 e. The van der Waals surface area contributed by atoms with E-state index in [9.17, 15) is 18.4 Å². The van der Waals surface area contributed by atoms with Crippen LogP contribution < -0.4 is 5.32 Å². The number of anilines is 1. The lowest BCUT2D eigenvalue weighted by atomic mass is 10.0. The van der Waals surface area contributed by atoms with Crippen molar-refractivity contribution < 1.29 is 23.1 Å². The molecule has 7 heteroatoms. The first kappa shape index (κ1) is 18.7. The molecule has 0 aliphatic heterocycles. The van der Waals surface area contributed by atoms with E-state index in [-0.39, 0.29) is 29.5 Å². The summed E-state index contributed by atoms with van der Waals surface area (Å²) in [6.45, 7) is 0. The van der Waals surface area contributed by atoms with Gasteiger partial charge in [0, 0.05) is 10.9 Å². The molecule has 0 radical (unpaired) electrons. The van der Waals surface area contributed by atoms with Crippen molar-refractivity contribution in [2.45, 2.75) is 6.42 Å². The first-order valence-electron chi connectivity index (χ1n) is 7.98. The molecule has 0 atom stereocenters. The fraction of sp³-hybridized carbons (Fsp3) is 0.100. The maximum atomic E-state index is 13.2. The Hall–Kier alpha value is -3.06. The number of halogens is 2. The van der Waals surface area contributed by atoms with E-state index in [4.69, 9.17) is 4.74 Å². The molecule has 27 heavy (non-hydrogen) atoms. The first-order chi connectivity index (χ1) is 13.0. The van der Waals surface area contributed by atoms with Crippen LogP contribution in [0.3, 0.4) is 0 Å². The Labute approximate surface area is 158 Å². The summed E-state index contributed by atoms with van der Waals surface area (Å²) in [7, 11) is 1.25. The number of carbonyl (C=O) groups is 2. The van der Waals surface area contributed by atoms with Crippen LogP contribution in [0.15, 0.2) is 53.9 Å². The molecule has 0 saturated heterocycles. The van der Waals surface area contributed by atoms with Gasteiger partial charge in [0.1, 0.15) is 22.2 Å². The predicted molar refractivity (Wildman–Crippen MR) is 99.8 cm³/mol. The quantitative estimate of drug-likeness (QED) is 0.648. The molecular formula is C20H15F2NO3S. The average molecular weight is 387 g/mol. The molecular weight excluding hydrogens is 372 g/mol. The van der Waals surface area contributed by atoms with E-state index in [1.165, 1.54) is 54.8 Å². The molecule has 1 heterocycles. The number of hydrogen-bond acceptors (Lipinski definition) is 4. The molecule has 1 aromatic heterocycles. The van der Waals surface area contributed by atoms with Crippen molar-refractivity contribution in [1.29, 1.82) is 0 Å². The van der Waals surface area contributed by atoms with Gasteiger partial charge in [0.05, 0.1) is 13.5 Å². The van der Waals surface area contributed by atoms with Crippen LogP contribution in [0.1, 0.15) is 15.9 Å². The van der Waals surface area contributed by atoms with Gasteiger partial charge in [-0.1, -0.05) is 24.3 Å². The molecule has 0 unspecified atom stereocenters. The summed E-state index contributed by atoms with van der Waals surface area (Å²) in [5, 5.41) is 4.74. The lowest BCUT2D eigenvalue weighted by Crippen LogP contribution is -2.16. The molecule has 0 aliphatic carbocycles.